The Labute approximate surface area is 113 Å². The molecule has 8 heteroatoms. The highest BCUT2D eigenvalue weighted by molar-refractivity contribution is 5.65. The van der Waals surface area contributed by atoms with Gasteiger partial charge in [-0.2, -0.15) is 13.2 Å². The van der Waals surface area contributed by atoms with Gasteiger partial charge in [-0.25, -0.2) is 0 Å². The molecular formula is C12H14F3N3O2. The number of nitrogens with two attached hydrogens (primary N) is 1. The predicted octanol–water partition coefficient (Wildman–Crippen LogP) is 2.54. The van der Waals surface area contributed by atoms with Crippen LogP contribution in [0.3, 0.4) is 0 Å². The van der Waals surface area contributed by atoms with Crippen molar-refractivity contribution in [2.24, 2.45) is 5.73 Å². The first-order valence-electron chi connectivity index (χ1n) is 6.15. The third-order valence-corrected chi connectivity index (χ3v) is 3.30. The summed E-state index contributed by atoms with van der Waals surface area (Å²) in [6.45, 7) is 0.964. The number of nitro benzene ring substituents is 1. The molecule has 1 heterocycles. The second kappa shape index (κ2) is 5.28. The van der Waals surface area contributed by atoms with Gasteiger partial charge in [0.2, 0.25) is 0 Å². The van der Waals surface area contributed by atoms with Crippen molar-refractivity contribution in [2.45, 2.75) is 25.1 Å². The Morgan fingerprint density at radius 2 is 2.10 bits per heavy atom. The van der Waals surface area contributed by atoms with Gasteiger partial charge in [0.05, 0.1) is 10.5 Å². The van der Waals surface area contributed by atoms with Crippen LogP contribution in [0.1, 0.15) is 18.4 Å². The van der Waals surface area contributed by atoms with Gasteiger partial charge in [0.25, 0.3) is 5.69 Å². The Bertz CT molecular complexity index is 519. The van der Waals surface area contributed by atoms with E-state index in [4.69, 9.17) is 5.73 Å². The lowest BCUT2D eigenvalue weighted by Crippen LogP contribution is -2.43. The first-order valence-corrected chi connectivity index (χ1v) is 6.15. The van der Waals surface area contributed by atoms with E-state index < -0.39 is 22.4 Å². The molecule has 5 nitrogen and oxygen atoms in total. The Kier molecular flexibility index (Phi) is 3.85. The summed E-state index contributed by atoms with van der Waals surface area (Å²) in [5.74, 6) is 0. The lowest BCUT2D eigenvalue weighted by Gasteiger charge is -2.32. The summed E-state index contributed by atoms with van der Waals surface area (Å²) >= 11 is 0. The van der Waals surface area contributed by atoms with Crippen LogP contribution >= 0.6 is 0 Å². The molecule has 0 aromatic heterocycles. The second-order valence-corrected chi connectivity index (χ2v) is 4.81. The Morgan fingerprint density at radius 1 is 1.40 bits per heavy atom. The van der Waals surface area contributed by atoms with Crippen LogP contribution < -0.4 is 10.6 Å². The molecular weight excluding hydrogens is 275 g/mol. The van der Waals surface area contributed by atoms with Crippen LogP contribution in [0.4, 0.5) is 24.5 Å². The molecule has 20 heavy (non-hydrogen) atoms. The van der Waals surface area contributed by atoms with Crippen LogP contribution in [0.5, 0.6) is 0 Å². The number of halogens is 3. The maximum Gasteiger partial charge on any atom is 0.416 e. The van der Waals surface area contributed by atoms with Gasteiger partial charge in [0.15, 0.2) is 0 Å². The fourth-order valence-corrected chi connectivity index (χ4v) is 2.34. The van der Waals surface area contributed by atoms with Crippen LogP contribution in [0.2, 0.25) is 0 Å². The molecule has 1 atom stereocenters. The molecule has 0 unspecified atom stereocenters. The molecule has 1 aliphatic heterocycles. The van der Waals surface area contributed by atoms with Crippen molar-refractivity contribution in [3.05, 3.63) is 33.9 Å². The van der Waals surface area contributed by atoms with E-state index in [0.29, 0.717) is 19.2 Å². The van der Waals surface area contributed by atoms with E-state index in [2.05, 4.69) is 0 Å². The van der Waals surface area contributed by atoms with Gasteiger partial charge in [-0.05, 0) is 25.0 Å². The SMILES string of the molecule is N[C@H]1CCCN(c2ccc(C(F)(F)F)cc2[N+](=O)[O-])C1. The zero-order chi connectivity index (χ0) is 14.9. The van der Waals surface area contributed by atoms with E-state index in [9.17, 15) is 23.3 Å². The minimum Gasteiger partial charge on any atom is -0.364 e. The molecule has 0 bridgehead atoms. The number of hydrogen-bond donors (Lipinski definition) is 1. The predicted molar refractivity (Wildman–Crippen MR) is 67.5 cm³/mol. The van der Waals surface area contributed by atoms with Crippen LogP contribution in [0.15, 0.2) is 18.2 Å². The average molecular weight is 289 g/mol. The van der Waals surface area contributed by atoms with E-state index in [1.54, 1.807) is 4.90 Å². The van der Waals surface area contributed by atoms with E-state index in [0.717, 1.165) is 25.0 Å². The van der Waals surface area contributed by atoms with Gasteiger partial charge in [-0.3, -0.25) is 10.1 Å². The monoisotopic (exact) mass is 289 g/mol. The fraction of sp³-hybridized carbons (Fsp3) is 0.500. The summed E-state index contributed by atoms with van der Waals surface area (Å²) in [5.41, 5.74) is 4.44. The lowest BCUT2D eigenvalue weighted by atomic mass is 10.0. The molecule has 1 aromatic carbocycles. The van der Waals surface area contributed by atoms with Gasteiger partial charge in [-0.15, -0.1) is 0 Å². The van der Waals surface area contributed by atoms with Gasteiger partial charge >= 0.3 is 6.18 Å². The third-order valence-electron chi connectivity index (χ3n) is 3.30. The molecule has 1 fully saturated rings. The second-order valence-electron chi connectivity index (χ2n) is 4.81. The van der Waals surface area contributed by atoms with Gasteiger partial charge < -0.3 is 10.6 Å². The van der Waals surface area contributed by atoms with Crippen LogP contribution in [-0.2, 0) is 6.18 Å². The van der Waals surface area contributed by atoms with Crippen molar-refractivity contribution in [3.8, 4) is 0 Å². The lowest BCUT2D eigenvalue weighted by molar-refractivity contribution is -0.384. The highest BCUT2D eigenvalue weighted by Gasteiger charge is 2.34. The van der Waals surface area contributed by atoms with Crippen molar-refractivity contribution in [1.82, 2.24) is 0 Å². The molecule has 0 spiro atoms. The number of alkyl halides is 3. The van der Waals surface area contributed by atoms with E-state index in [-0.39, 0.29) is 11.7 Å². The standard InChI is InChI=1S/C12H14F3N3O2/c13-12(14,15)8-3-4-10(11(6-8)18(19)20)17-5-1-2-9(16)7-17/h3-4,6,9H,1-2,5,7,16H2/t9-/m0/s1. The number of piperidine rings is 1. The molecule has 2 rings (SSSR count). The molecule has 1 saturated heterocycles. The van der Waals surface area contributed by atoms with E-state index >= 15 is 0 Å². The number of nitro groups is 1. The van der Waals surface area contributed by atoms with Gasteiger partial charge in [0, 0.05) is 25.2 Å². The smallest absolute Gasteiger partial charge is 0.364 e. The van der Waals surface area contributed by atoms with Gasteiger partial charge in [-0.1, -0.05) is 0 Å². The van der Waals surface area contributed by atoms with Crippen molar-refractivity contribution < 1.29 is 18.1 Å². The van der Waals surface area contributed by atoms with Crippen molar-refractivity contribution in [1.29, 1.82) is 0 Å². The summed E-state index contributed by atoms with van der Waals surface area (Å²) in [4.78, 5) is 11.9. The van der Waals surface area contributed by atoms with Crippen molar-refractivity contribution >= 4 is 11.4 Å². The van der Waals surface area contributed by atoms with Crippen molar-refractivity contribution in [3.63, 3.8) is 0 Å². The quantitative estimate of drug-likeness (QED) is 0.670. The Balaban J connectivity index is 2.40. The van der Waals surface area contributed by atoms with Crippen LogP contribution in [0.25, 0.3) is 0 Å². The summed E-state index contributed by atoms with van der Waals surface area (Å²) < 4.78 is 37.8. The summed E-state index contributed by atoms with van der Waals surface area (Å²) in [6.07, 6.45) is -3.02. The third kappa shape index (κ3) is 3.01. The topological polar surface area (TPSA) is 72.4 Å². The summed E-state index contributed by atoms with van der Waals surface area (Å²) in [5, 5.41) is 11.0. The Morgan fingerprint density at radius 3 is 2.65 bits per heavy atom. The number of anilines is 1. The average Bonchev–Trinajstić information content (AvgIpc) is 2.37. The fourth-order valence-electron chi connectivity index (χ4n) is 2.34. The molecule has 2 N–H and O–H groups in total. The molecule has 110 valence electrons. The minimum absolute atomic E-state index is 0.120. The maximum atomic E-state index is 12.6. The number of rotatable bonds is 2. The number of hydrogen-bond acceptors (Lipinski definition) is 4. The number of nitrogens with zero attached hydrogens (tertiary/aromatic N) is 2. The molecule has 1 aromatic rings. The van der Waals surface area contributed by atoms with Crippen LogP contribution in [-0.4, -0.2) is 24.1 Å². The largest absolute Gasteiger partial charge is 0.416 e. The van der Waals surface area contributed by atoms with E-state index in [1.807, 2.05) is 0 Å². The molecule has 0 amide bonds. The number of benzene rings is 1. The summed E-state index contributed by atoms with van der Waals surface area (Å²) in [7, 11) is 0. The molecule has 0 saturated carbocycles. The van der Waals surface area contributed by atoms with E-state index in [1.165, 1.54) is 0 Å². The first kappa shape index (κ1) is 14.6. The molecule has 1 aliphatic rings. The normalized spacial score (nSPS) is 20.0. The van der Waals surface area contributed by atoms with Crippen molar-refractivity contribution in [2.75, 3.05) is 18.0 Å². The van der Waals surface area contributed by atoms with Crippen LogP contribution in [0, 0.1) is 10.1 Å². The highest BCUT2D eigenvalue weighted by atomic mass is 19.4. The zero-order valence-electron chi connectivity index (χ0n) is 10.6. The zero-order valence-corrected chi connectivity index (χ0v) is 10.6. The highest BCUT2D eigenvalue weighted by Crippen LogP contribution is 2.37. The molecule has 0 radical (unpaired) electrons. The summed E-state index contributed by atoms with van der Waals surface area (Å²) in [6, 6.07) is 2.47. The maximum absolute atomic E-state index is 12.6. The minimum atomic E-state index is -4.60. The first-order chi connectivity index (χ1) is 9.29. The molecule has 0 aliphatic carbocycles. The van der Waals surface area contributed by atoms with Gasteiger partial charge in [0.1, 0.15) is 5.69 Å². The Hall–Kier alpha value is -1.83.